The van der Waals surface area contributed by atoms with E-state index < -0.39 is 0 Å². The lowest BCUT2D eigenvalue weighted by atomic mass is 9.90. The molecule has 0 aliphatic carbocycles. The highest BCUT2D eigenvalue weighted by Gasteiger charge is 2.26. The minimum atomic E-state index is 0.0232. The highest BCUT2D eigenvalue weighted by Crippen LogP contribution is 2.44. The first-order valence-electron chi connectivity index (χ1n) is 22.0. The van der Waals surface area contributed by atoms with Crippen molar-refractivity contribution in [3.05, 3.63) is 217 Å². The molecular weight excluding hydrogens is 783 g/mol. The summed E-state index contributed by atoms with van der Waals surface area (Å²) in [6.07, 6.45) is 3.02. The third-order valence-electron chi connectivity index (χ3n) is 13.1. The van der Waals surface area contributed by atoms with Gasteiger partial charge < -0.3 is 13.4 Å². The van der Waals surface area contributed by atoms with Crippen molar-refractivity contribution < 1.29 is 8.83 Å². The number of hydrogen-bond donors (Lipinski definition) is 0. The molecule has 0 fully saturated rings. The first-order chi connectivity index (χ1) is 31.6. The molecule has 4 heterocycles. The van der Waals surface area contributed by atoms with Gasteiger partial charge in [0.2, 0.25) is 0 Å². The van der Waals surface area contributed by atoms with E-state index in [2.05, 4.69) is 193 Å². The van der Waals surface area contributed by atoms with Crippen molar-refractivity contribution in [2.75, 3.05) is 0 Å². The molecule has 9 aromatic carbocycles. The maximum atomic E-state index is 6.99. The Morgan fingerprint density at radius 3 is 2.00 bits per heavy atom. The Labute approximate surface area is 368 Å². The summed E-state index contributed by atoms with van der Waals surface area (Å²) in [6.45, 7) is 2.28. The molecule has 3 aromatic heterocycles. The van der Waals surface area contributed by atoms with Crippen LogP contribution >= 0.6 is 0 Å². The molecule has 0 amide bonds. The van der Waals surface area contributed by atoms with Crippen molar-refractivity contribution in [3.63, 3.8) is 0 Å². The molecule has 0 spiro atoms. The van der Waals surface area contributed by atoms with Crippen LogP contribution in [0.2, 0.25) is 0 Å². The topological polar surface area (TPSA) is 55.9 Å². The first-order valence-corrected chi connectivity index (χ1v) is 22.0. The van der Waals surface area contributed by atoms with E-state index in [9.17, 15) is 0 Å². The van der Waals surface area contributed by atoms with E-state index in [0.29, 0.717) is 12.3 Å². The predicted molar refractivity (Wildman–Crippen MR) is 266 cm³/mol. The standard InChI is InChI=1S/C59H39N3O2/c1-36-29-32-49(60-59(41-20-13-19-38(33-41)37-15-3-2-4-16-37)61-56(36)47-24-14-28-54-55(47)46-23-9-12-27-53(46)63-54)45-31-30-44-43-22-8-11-26-52(43)64-58(44)57(45)62-50-25-10-7-21-42(50)48-34-39-17-5-6-18-40(39)35-51(48)62/h2-28,30-36H,29H2,1H3/b49-32+,60-59-,61-56+. The average molecular weight is 822 g/mol. The molecule has 1 aliphatic rings. The van der Waals surface area contributed by atoms with Crippen LogP contribution in [0.4, 0.5) is 0 Å². The van der Waals surface area contributed by atoms with Crippen LogP contribution < -0.4 is 0 Å². The molecule has 1 unspecified atom stereocenters. The Hall–Kier alpha value is -8.28. The third kappa shape index (κ3) is 5.71. The number of fused-ring (bicyclic) bond motifs is 10. The number of allylic oxidation sites excluding steroid dienone is 1. The third-order valence-corrected chi connectivity index (χ3v) is 13.1. The second-order valence-electron chi connectivity index (χ2n) is 16.9. The van der Waals surface area contributed by atoms with Gasteiger partial charge in [0.05, 0.1) is 28.1 Å². The van der Waals surface area contributed by atoms with E-state index in [-0.39, 0.29) is 5.92 Å². The lowest BCUT2D eigenvalue weighted by molar-refractivity contribution is 0.666. The van der Waals surface area contributed by atoms with Gasteiger partial charge in [-0.15, -0.1) is 0 Å². The molecule has 13 rings (SSSR count). The SMILES string of the molecule is CC1C/C=C(c2ccc3c(oc4ccccc43)c2-n2c3ccccc3c3cc4ccccc4cc32)/N=C(c2cccc(-c3ccccc3)c2)\N=C/1c1cccc2oc3ccccc3c12. The number of rotatable bonds is 5. The van der Waals surface area contributed by atoms with Crippen molar-refractivity contribution in [1.82, 2.24) is 4.57 Å². The molecule has 0 saturated heterocycles. The van der Waals surface area contributed by atoms with Gasteiger partial charge in [-0.3, -0.25) is 0 Å². The van der Waals surface area contributed by atoms with Crippen LogP contribution in [0.15, 0.2) is 219 Å². The van der Waals surface area contributed by atoms with Crippen LogP contribution in [0.3, 0.4) is 0 Å². The molecule has 5 heteroatoms. The van der Waals surface area contributed by atoms with E-state index in [4.69, 9.17) is 18.8 Å². The minimum absolute atomic E-state index is 0.0232. The molecule has 1 aliphatic heterocycles. The fourth-order valence-electron chi connectivity index (χ4n) is 9.99. The molecule has 0 N–H and O–H groups in total. The number of amidine groups is 1. The maximum absolute atomic E-state index is 6.99. The lowest BCUT2D eigenvalue weighted by Crippen LogP contribution is -2.17. The molecule has 0 radical (unpaired) electrons. The van der Waals surface area contributed by atoms with Crippen molar-refractivity contribution in [3.8, 4) is 16.8 Å². The van der Waals surface area contributed by atoms with Crippen LogP contribution in [0, 0.1) is 5.92 Å². The Morgan fingerprint density at radius 2 is 1.14 bits per heavy atom. The number of para-hydroxylation sites is 3. The number of aliphatic imine (C=N–C) groups is 2. The average Bonchev–Trinajstić information content (AvgIpc) is 4.02. The Bertz CT molecular complexity index is 3950. The summed E-state index contributed by atoms with van der Waals surface area (Å²) in [5.41, 5.74) is 13.5. The van der Waals surface area contributed by atoms with Gasteiger partial charge in [0.25, 0.3) is 0 Å². The van der Waals surface area contributed by atoms with Gasteiger partial charge in [0, 0.05) is 54.9 Å². The van der Waals surface area contributed by atoms with E-state index >= 15 is 0 Å². The van der Waals surface area contributed by atoms with Crippen LogP contribution in [0.1, 0.15) is 30.0 Å². The number of benzene rings is 9. The summed E-state index contributed by atoms with van der Waals surface area (Å²) in [6, 6.07) is 68.5. The van der Waals surface area contributed by atoms with Gasteiger partial charge in [-0.25, -0.2) is 9.98 Å². The van der Waals surface area contributed by atoms with E-state index in [0.717, 1.165) is 99.8 Å². The van der Waals surface area contributed by atoms with Gasteiger partial charge >= 0.3 is 0 Å². The summed E-state index contributed by atoms with van der Waals surface area (Å²) in [7, 11) is 0. The Balaban J connectivity index is 1.11. The van der Waals surface area contributed by atoms with Crippen molar-refractivity contribution in [1.29, 1.82) is 0 Å². The van der Waals surface area contributed by atoms with Gasteiger partial charge in [-0.1, -0.05) is 153 Å². The summed E-state index contributed by atoms with van der Waals surface area (Å²) in [4.78, 5) is 11.4. The van der Waals surface area contributed by atoms with Gasteiger partial charge in [0.15, 0.2) is 11.4 Å². The van der Waals surface area contributed by atoms with E-state index in [1.807, 2.05) is 18.2 Å². The number of hydrogen-bond acceptors (Lipinski definition) is 4. The summed E-state index contributed by atoms with van der Waals surface area (Å²) in [5.74, 6) is 0.661. The zero-order valence-corrected chi connectivity index (χ0v) is 35.0. The number of furan rings is 2. The Kier molecular flexibility index (Phi) is 8.19. The molecular formula is C59H39N3O2. The largest absolute Gasteiger partial charge is 0.456 e. The molecule has 12 aromatic rings. The zero-order valence-electron chi connectivity index (χ0n) is 35.0. The molecule has 1 atom stereocenters. The van der Waals surface area contributed by atoms with E-state index in [1.54, 1.807) is 0 Å². The van der Waals surface area contributed by atoms with Crippen LogP contribution in [-0.2, 0) is 0 Å². The maximum Gasteiger partial charge on any atom is 0.160 e. The van der Waals surface area contributed by atoms with Crippen LogP contribution in [0.25, 0.3) is 99.0 Å². The van der Waals surface area contributed by atoms with Crippen LogP contribution in [0.5, 0.6) is 0 Å². The monoisotopic (exact) mass is 821 g/mol. The summed E-state index contributed by atoms with van der Waals surface area (Å²) in [5, 5.41) is 9.03. The second kappa shape index (κ2) is 14.4. The van der Waals surface area contributed by atoms with Gasteiger partial charge in [-0.05, 0) is 82.9 Å². The van der Waals surface area contributed by atoms with Crippen molar-refractivity contribution in [2.45, 2.75) is 13.3 Å². The van der Waals surface area contributed by atoms with Gasteiger partial charge in [-0.2, -0.15) is 0 Å². The van der Waals surface area contributed by atoms with E-state index in [1.165, 1.54) is 21.5 Å². The number of nitrogens with zero attached hydrogens (tertiary/aromatic N) is 3. The molecule has 5 nitrogen and oxygen atoms in total. The second-order valence-corrected chi connectivity index (χ2v) is 16.9. The predicted octanol–water partition coefficient (Wildman–Crippen LogP) is 15.7. The summed E-state index contributed by atoms with van der Waals surface area (Å²) < 4.78 is 15.8. The summed E-state index contributed by atoms with van der Waals surface area (Å²) >= 11 is 0. The minimum Gasteiger partial charge on any atom is -0.456 e. The Morgan fingerprint density at radius 1 is 0.469 bits per heavy atom. The lowest BCUT2D eigenvalue weighted by Gasteiger charge is -2.21. The molecule has 0 bridgehead atoms. The molecule has 0 saturated carbocycles. The molecule has 64 heavy (non-hydrogen) atoms. The first kappa shape index (κ1) is 36.4. The molecule has 302 valence electrons. The van der Waals surface area contributed by atoms with Crippen molar-refractivity contribution in [2.24, 2.45) is 15.9 Å². The number of aromatic nitrogens is 1. The van der Waals surface area contributed by atoms with Crippen LogP contribution in [-0.4, -0.2) is 16.1 Å². The smallest absolute Gasteiger partial charge is 0.160 e. The fourth-order valence-corrected chi connectivity index (χ4v) is 9.99. The normalized spacial score (nSPS) is 17.1. The van der Waals surface area contributed by atoms with Gasteiger partial charge in [0.1, 0.15) is 16.7 Å². The zero-order chi connectivity index (χ0) is 42.3. The quantitative estimate of drug-likeness (QED) is 0.174. The fraction of sp³-hybridized carbons (Fsp3) is 0.0508. The highest BCUT2D eigenvalue weighted by molar-refractivity contribution is 6.23. The van der Waals surface area contributed by atoms with Crippen molar-refractivity contribution >= 4 is 93.7 Å². The highest BCUT2D eigenvalue weighted by atomic mass is 16.3.